The van der Waals surface area contributed by atoms with Crippen LogP contribution < -0.4 is 0 Å². The number of carboxylic acids is 1. The molecule has 0 aromatic heterocycles. The number of carbonyl (C=O) groups excluding carboxylic acids is 1. The Balaban J connectivity index is 7.23. The fourth-order valence-electron chi connectivity index (χ4n) is 8.41. The minimum Gasteiger partial charge on any atom is -0.481 e. The summed E-state index contributed by atoms with van der Waals surface area (Å²) in [5.41, 5.74) is -5.80. The van der Waals surface area contributed by atoms with Gasteiger partial charge in [0.1, 0.15) is 5.60 Å². The highest BCUT2D eigenvalue weighted by Gasteiger charge is 2.66. The highest BCUT2D eigenvalue weighted by molar-refractivity contribution is 5.86. The van der Waals surface area contributed by atoms with Crippen molar-refractivity contribution in [1.82, 2.24) is 0 Å². The molecule has 0 bridgehead atoms. The molecule has 5 unspecified atom stereocenters. The van der Waals surface area contributed by atoms with Crippen molar-refractivity contribution in [3.05, 3.63) is 0 Å². The van der Waals surface area contributed by atoms with Gasteiger partial charge < -0.3 is 14.9 Å². The molecule has 0 aliphatic rings. The quantitative estimate of drug-likeness (QED) is 0.0859. The zero-order valence-electron chi connectivity index (χ0n) is 33.0. The molecular formula is C40H78O5. The Hall–Kier alpha value is -1.10. The Bertz CT molecular complexity index is 918. The fourth-order valence-corrected chi connectivity index (χ4v) is 8.41. The van der Waals surface area contributed by atoms with Gasteiger partial charge in [-0.2, -0.15) is 0 Å². The molecule has 0 amide bonds. The maximum atomic E-state index is 14.7. The summed E-state index contributed by atoms with van der Waals surface area (Å²) in [7, 11) is 0. The van der Waals surface area contributed by atoms with Crippen molar-refractivity contribution in [2.45, 2.75) is 205 Å². The number of esters is 1. The van der Waals surface area contributed by atoms with Crippen molar-refractivity contribution in [2.75, 3.05) is 0 Å². The first kappa shape index (κ1) is 43.9. The van der Waals surface area contributed by atoms with Gasteiger partial charge in [0.15, 0.2) is 5.60 Å². The first-order valence-electron chi connectivity index (χ1n) is 18.6. The molecule has 2 N–H and O–H groups in total. The zero-order valence-corrected chi connectivity index (χ0v) is 33.0. The van der Waals surface area contributed by atoms with E-state index in [1.165, 1.54) is 0 Å². The van der Waals surface area contributed by atoms with E-state index in [1.807, 2.05) is 27.7 Å². The third kappa shape index (κ3) is 8.88. The predicted octanol–water partition coefficient (Wildman–Crippen LogP) is 11.6. The summed E-state index contributed by atoms with van der Waals surface area (Å²) in [4.78, 5) is 27.2. The van der Waals surface area contributed by atoms with E-state index in [0.29, 0.717) is 5.92 Å². The van der Waals surface area contributed by atoms with Gasteiger partial charge in [-0.15, -0.1) is 0 Å². The Morgan fingerprint density at radius 3 is 1.36 bits per heavy atom. The highest BCUT2D eigenvalue weighted by atomic mass is 16.6. The monoisotopic (exact) mass is 639 g/mol. The van der Waals surface area contributed by atoms with Crippen LogP contribution in [0, 0.1) is 38.9 Å². The Labute approximate surface area is 280 Å². The molecule has 268 valence electrons. The third-order valence-corrected chi connectivity index (χ3v) is 14.4. The topological polar surface area (TPSA) is 83.8 Å². The molecule has 0 radical (unpaired) electrons. The first-order valence-corrected chi connectivity index (χ1v) is 18.6. The van der Waals surface area contributed by atoms with Crippen LogP contribution in [0.3, 0.4) is 0 Å². The number of unbranched alkanes of at least 4 members (excludes halogenated alkanes) is 6. The second kappa shape index (κ2) is 16.8. The van der Waals surface area contributed by atoms with Crippen LogP contribution in [0.2, 0.25) is 0 Å². The Kier molecular flexibility index (Phi) is 16.4. The van der Waals surface area contributed by atoms with E-state index >= 15 is 0 Å². The molecule has 0 spiro atoms. The van der Waals surface area contributed by atoms with E-state index in [1.54, 1.807) is 0 Å². The number of rotatable bonds is 23. The highest BCUT2D eigenvalue weighted by Crippen LogP contribution is 2.63. The lowest BCUT2D eigenvalue weighted by Crippen LogP contribution is -2.66. The molecular weight excluding hydrogens is 560 g/mol. The van der Waals surface area contributed by atoms with Crippen LogP contribution in [0.25, 0.3) is 0 Å². The molecule has 0 rings (SSSR count). The second-order valence-corrected chi connectivity index (χ2v) is 17.3. The number of carbonyl (C=O) groups is 2. The maximum Gasteiger partial charge on any atom is 0.339 e. The van der Waals surface area contributed by atoms with E-state index in [9.17, 15) is 19.8 Å². The van der Waals surface area contributed by atoms with Gasteiger partial charge in [0.05, 0.1) is 6.42 Å². The molecule has 0 saturated carbocycles. The summed E-state index contributed by atoms with van der Waals surface area (Å²) < 4.78 is 6.58. The summed E-state index contributed by atoms with van der Waals surface area (Å²) in [5.74, 6) is -1.35. The van der Waals surface area contributed by atoms with Crippen molar-refractivity contribution < 1.29 is 24.5 Å². The van der Waals surface area contributed by atoms with Crippen LogP contribution in [-0.2, 0) is 14.3 Å². The molecule has 0 heterocycles. The standard InChI is InChI=1S/C40H78O5/c1-17-21-23-25-27-38(15,34(7,8)30(5)19-3)36(11,12)40(44,29-32(41)42)33(43)45-37(13,14)39(16,28-26-24-22-18-2)35(9,10)31(6)20-4/h30-31,44H,17-29H2,1-16H3,(H,41,42). The van der Waals surface area contributed by atoms with Gasteiger partial charge in [-0.3, -0.25) is 4.79 Å². The van der Waals surface area contributed by atoms with E-state index < -0.39 is 45.8 Å². The van der Waals surface area contributed by atoms with Gasteiger partial charge in [0.2, 0.25) is 0 Å². The van der Waals surface area contributed by atoms with Crippen molar-refractivity contribution in [3.8, 4) is 0 Å². The predicted molar refractivity (Wildman–Crippen MR) is 191 cm³/mol. The Morgan fingerprint density at radius 1 is 0.622 bits per heavy atom. The van der Waals surface area contributed by atoms with Crippen LogP contribution in [0.4, 0.5) is 0 Å². The smallest absolute Gasteiger partial charge is 0.339 e. The lowest BCUT2D eigenvalue weighted by Gasteiger charge is -2.61. The van der Waals surface area contributed by atoms with Crippen LogP contribution in [0.15, 0.2) is 0 Å². The molecule has 0 aromatic rings. The molecule has 45 heavy (non-hydrogen) atoms. The summed E-state index contributed by atoms with van der Waals surface area (Å²) in [6.45, 7) is 34.6. The van der Waals surface area contributed by atoms with Crippen LogP contribution >= 0.6 is 0 Å². The summed E-state index contributed by atoms with van der Waals surface area (Å²) in [6, 6.07) is 0. The SMILES string of the molecule is CCCCCCC(C)(C(C)(C)OC(=O)C(O)(CC(=O)O)C(C)(C)C(C)(CCCCCC)C(C)(C)C(C)CC)C(C)(C)C(C)CC. The molecule has 0 fully saturated rings. The summed E-state index contributed by atoms with van der Waals surface area (Å²) in [5, 5.41) is 22.9. The number of aliphatic hydroxyl groups is 1. The zero-order chi connectivity index (χ0) is 35.7. The number of ether oxygens (including phenoxy) is 1. The van der Waals surface area contributed by atoms with Gasteiger partial charge in [-0.25, -0.2) is 4.79 Å². The average Bonchev–Trinajstić information content (AvgIpc) is 2.94. The molecule has 0 aliphatic carbocycles. The van der Waals surface area contributed by atoms with Crippen molar-refractivity contribution in [1.29, 1.82) is 0 Å². The average molecular weight is 639 g/mol. The van der Waals surface area contributed by atoms with E-state index in [0.717, 1.165) is 77.0 Å². The van der Waals surface area contributed by atoms with Gasteiger partial charge in [-0.05, 0) is 54.8 Å². The largest absolute Gasteiger partial charge is 0.481 e. The molecule has 5 heteroatoms. The van der Waals surface area contributed by atoms with Crippen LogP contribution in [-0.4, -0.2) is 33.4 Å². The van der Waals surface area contributed by atoms with Crippen LogP contribution in [0.1, 0.15) is 194 Å². The maximum absolute atomic E-state index is 14.7. The van der Waals surface area contributed by atoms with E-state index in [2.05, 4.69) is 83.1 Å². The summed E-state index contributed by atoms with van der Waals surface area (Å²) >= 11 is 0. The van der Waals surface area contributed by atoms with Gasteiger partial charge in [0.25, 0.3) is 0 Å². The van der Waals surface area contributed by atoms with Crippen LogP contribution in [0.5, 0.6) is 0 Å². The second-order valence-electron chi connectivity index (χ2n) is 17.3. The fraction of sp³-hybridized carbons (Fsp3) is 0.950. The third-order valence-electron chi connectivity index (χ3n) is 14.4. The van der Waals surface area contributed by atoms with Gasteiger partial charge in [-0.1, -0.05) is 161 Å². The Morgan fingerprint density at radius 2 is 1.00 bits per heavy atom. The number of aliphatic carboxylic acids is 1. The van der Waals surface area contributed by atoms with Gasteiger partial charge >= 0.3 is 11.9 Å². The number of hydrogen-bond acceptors (Lipinski definition) is 4. The normalized spacial score (nSPS) is 18.8. The molecule has 5 nitrogen and oxygen atoms in total. The number of hydrogen-bond donors (Lipinski definition) is 2. The lowest BCUT2D eigenvalue weighted by molar-refractivity contribution is -0.238. The molecule has 0 saturated heterocycles. The van der Waals surface area contributed by atoms with Crippen molar-refractivity contribution in [2.24, 2.45) is 38.9 Å². The molecule has 0 aliphatic heterocycles. The minimum absolute atomic E-state index is 0.190. The minimum atomic E-state index is -2.23. The van der Waals surface area contributed by atoms with E-state index in [-0.39, 0.29) is 16.7 Å². The van der Waals surface area contributed by atoms with Crippen molar-refractivity contribution in [3.63, 3.8) is 0 Å². The van der Waals surface area contributed by atoms with E-state index in [4.69, 9.17) is 4.74 Å². The van der Waals surface area contributed by atoms with Crippen molar-refractivity contribution >= 4 is 11.9 Å². The summed E-state index contributed by atoms with van der Waals surface area (Å²) in [6.07, 6.45) is 11.6. The molecule has 5 atom stereocenters. The number of carboxylic acid groups (broad SMARTS) is 1. The first-order chi connectivity index (χ1) is 20.4. The lowest BCUT2D eigenvalue weighted by atomic mass is 9.44. The molecule has 0 aromatic carbocycles. The van der Waals surface area contributed by atoms with Gasteiger partial charge in [0, 0.05) is 10.8 Å².